The highest BCUT2D eigenvalue weighted by atomic mass is 16.1. The molecule has 0 unspecified atom stereocenters. The van der Waals surface area contributed by atoms with Gasteiger partial charge in [0.1, 0.15) is 0 Å². The lowest BCUT2D eigenvalue weighted by molar-refractivity contribution is 0.0992. The van der Waals surface area contributed by atoms with Gasteiger partial charge in [0.15, 0.2) is 5.78 Å². The summed E-state index contributed by atoms with van der Waals surface area (Å²) in [5, 5.41) is 0. The van der Waals surface area contributed by atoms with Gasteiger partial charge in [0, 0.05) is 25.6 Å². The summed E-state index contributed by atoms with van der Waals surface area (Å²) in [6.07, 6.45) is 2.26. The zero-order valence-electron chi connectivity index (χ0n) is 16.8. The van der Waals surface area contributed by atoms with Crippen molar-refractivity contribution in [2.24, 2.45) is 4.99 Å². The number of benzene rings is 2. The van der Waals surface area contributed by atoms with Crippen molar-refractivity contribution in [2.75, 3.05) is 13.6 Å². The van der Waals surface area contributed by atoms with Crippen LogP contribution in [0.15, 0.2) is 41.4 Å². The Morgan fingerprint density at radius 1 is 1.12 bits per heavy atom. The molecule has 3 nitrogen and oxygen atoms in total. The molecule has 138 valence electrons. The van der Waals surface area contributed by atoms with Crippen LogP contribution in [0.5, 0.6) is 0 Å². The van der Waals surface area contributed by atoms with Crippen molar-refractivity contribution in [2.45, 2.75) is 47.0 Å². The maximum absolute atomic E-state index is 12.8. The molecule has 0 heterocycles. The minimum atomic E-state index is 0.157. The van der Waals surface area contributed by atoms with Gasteiger partial charge in [-0.2, -0.15) is 0 Å². The highest BCUT2D eigenvalue weighted by Gasteiger charge is 2.13. The second-order valence-corrected chi connectivity index (χ2v) is 7.27. The summed E-state index contributed by atoms with van der Waals surface area (Å²) in [6.45, 7) is 11.3. The smallest absolute Gasteiger partial charge is 0.167 e. The second kappa shape index (κ2) is 8.79. The molecule has 0 aliphatic rings. The molecule has 0 amide bonds. The van der Waals surface area contributed by atoms with Gasteiger partial charge in [-0.05, 0) is 61.1 Å². The topological polar surface area (TPSA) is 32.7 Å². The Hall–Kier alpha value is -2.42. The maximum atomic E-state index is 12.8. The number of carbonyl (C=O) groups excluding carboxylic acids is 1. The Kier molecular flexibility index (Phi) is 6.73. The van der Waals surface area contributed by atoms with Crippen LogP contribution in [0.25, 0.3) is 0 Å². The molecule has 0 aliphatic carbocycles. The molecule has 0 aromatic heterocycles. The number of rotatable bonds is 7. The van der Waals surface area contributed by atoms with Gasteiger partial charge in [-0.25, -0.2) is 4.99 Å². The van der Waals surface area contributed by atoms with E-state index in [2.05, 4.69) is 50.0 Å². The van der Waals surface area contributed by atoms with Crippen LogP contribution in [0.4, 0.5) is 5.69 Å². The minimum absolute atomic E-state index is 0.157. The Morgan fingerprint density at radius 2 is 1.77 bits per heavy atom. The number of hydrogen-bond acceptors (Lipinski definition) is 2. The molecule has 0 saturated heterocycles. The zero-order chi connectivity index (χ0) is 19.3. The average Bonchev–Trinajstić information content (AvgIpc) is 2.62. The van der Waals surface area contributed by atoms with Crippen LogP contribution >= 0.6 is 0 Å². The first-order valence-electron chi connectivity index (χ1n) is 9.29. The molecule has 0 aliphatic heterocycles. The molecule has 0 N–H and O–H groups in total. The lowest BCUT2D eigenvalue weighted by atomic mass is 9.95. The van der Waals surface area contributed by atoms with E-state index >= 15 is 0 Å². The molecule has 0 fully saturated rings. The summed E-state index contributed by atoms with van der Waals surface area (Å²) in [6, 6.07) is 12.3. The molecule has 0 spiro atoms. The van der Waals surface area contributed by atoms with Crippen LogP contribution in [0.1, 0.15) is 59.3 Å². The van der Waals surface area contributed by atoms with Crippen molar-refractivity contribution >= 4 is 17.8 Å². The van der Waals surface area contributed by atoms with Crippen LogP contribution in [-0.4, -0.2) is 30.6 Å². The van der Waals surface area contributed by atoms with E-state index in [1.54, 1.807) is 0 Å². The number of carbonyl (C=O) groups is 1. The number of nitrogens with zero attached hydrogens (tertiary/aromatic N) is 2. The van der Waals surface area contributed by atoms with Gasteiger partial charge in [0.05, 0.1) is 12.0 Å². The lowest BCUT2D eigenvalue weighted by Gasteiger charge is -2.12. The molecule has 2 aromatic rings. The van der Waals surface area contributed by atoms with Gasteiger partial charge < -0.3 is 4.90 Å². The van der Waals surface area contributed by atoms with Crippen LogP contribution in [0.2, 0.25) is 0 Å². The number of Topliss-reactive ketones (excluding diaryl/α,β-unsaturated/α-hetero) is 1. The third-order valence-electron chi connectivity index (χ3n) is 4.75. The first-order valence-corrected chi connectivity index (χ1v) is 9.29. The Bertz CT molecular complexity index is 789. The van der Waals surface area contributed by atoms with Crippen LogP contribution in [0.3, 0.4) is 0 Å². The Balaban J connectivity index is 2.18. The molecule has 0 radical (unpaired) electrons. The lowest BCUT2D eigenvalue weighted by Crippen LogP contribution is -2.14. The fourth-order valence-electron chi connectivity index (χ4n) is 2.78. The van der Waals surface area contributed by atoms with Gasteiger partial charge in [0.25, 0.3) is 0 Å². The zero-order valence-corrected chi connectivity index (χ0v) is 16.8. The fourth-order valence-corrected chi connectivity index (χ4v) is 2.78. The first kappa shape index (κ1) is 19.9. The summed E-state index contributed by atoms with van der Waals surface area (Å²) in [5.41, 5.74) is 6.06. The van der Waals surface area contributed by atoms with Crippen molar-refractivity contribution in [1.82, 2.24) is 4.90 Å². The molecule has 0 saturated carbocycles. The largest absolute Gasteiger partial charge is 0.366 e. The van der Waals surface area contributed by atoms with Crippen molar-refractivity contribution in [3.8, 4) is 0 Å². The van der Waals surface area contributed by atoms with E-state index in [1.807, 2.05) is 44.3 Å². The van der Waals surface area contributed by atoms with Gasteiger partial charge in [-0.1, -0.05) is 38.1 Å². The molecule has 26 heavy (non-hydrogen) atoms. The molecule has 0 atom stereocenters. The Morgan fingerprint density at radius 3 is 2.35 bits per heavy atom. The molecular formula is C23H30N2O. The highest BCUT2D eigenvalue weighted by Crippen LogP contribution is 2.24. The number of aliphatic imine (C=N–C) groups is 1. The van der Waals surface area contributed by atoms with Crippen LogP contribution in [0, 0.1) is 13.8 Å². The van der Waals surface area contributed by atoms with E-state index in [0.29, 0.717) is 12.3 Å². The van der Waals surface area contributed by atoms with Crippen molar-refractivity contribution in [3.63, 3.8) is 0 Å². The van der Waals surface area contributed by atoms with E-state index in [4.69, 9.17) is 0 Å². The SMILES string of the molecule is CCN(C)C=Nc1cc(C)c(C(=O)Cc2ccc(C(C)C)cc2)cc1C. The third kappa shape index (κ3) is 5.04. The van der Waals surface area contributed by atoms with E-state index < -0.39 is 0 Å². The summed E-state index contributed by atoms with van der Waals surface area (Å²) >= 11 is 0. The standard InChI is InChI=1S/C23H30N2O/c1-7-25(6)15-24-22-13-17(4)21(12-18(22)5)23(26)14-19-8-10-20(11-9-19)16(2)3/h8-13,15-16H,7,14H2,1-6H3. The van der Waals surface area contributed by atoms with E-state index in [9.17, 15) is 4.79 Å². The first-order chi connectivity index (χ1) is 12.3. The Labute approximate surface area is 157 Å². The third-order valence-corrected chi connectivity index (χ3v) is 4.75. The van der Waals surface area contributed by atoms with Gasteiger partial charge in [-0.15, -0.1) is 0 Å². The van der Waals surface area contributed by atoms with Crippen LogP contribution < -0.4 is 0 Å². The summed E-state index contributed by atoms with van der Waals surface area (Å²) in [4.78, 5) is 19.3. The highest BCUT2D eigenvalue weighted by molar-refractivity contribution is 5.99. The van der Waals surface area contributed by atoms with E-state index in [1.165, 1.54) is 5.56 Å². The predicted molar refractivity (Wildman–Crippen MR) is 111 cm³/mol. The van der Waals surface area contributed by atoms with Gasteiger partial charge in [0.2, 0.25) is 0 Å². The second-order valence-electron chi connectivity index (χ2n) is 7.27. The van der Waals surface area contributed by atoms with E-state index in [0.717, 1.165) is 34.5 Å². The number of aryl methyl sites for hydroxylation is 2. The van der Waals surface area contributed by atoms with Gasteiger partial charge >= 0.3 is 0 Å². The van der Waals surface area contributed by atoms with Crippen molar-refractivity contribution < 1.29 is 4.79 Å². The quantitative estimate of drug-likeness (QED) is 0.377. The molecule has 2 aromatic carbocycles. The average molecular weight is 351 g/mol. The molecule has 0 bridgehead atoms. The van der Waals surface area contributed by atoms with E-state index in [-0.39, 0.29) is 5.78 Å². The van der Waals surface area contributed by atoms with Crippen molar-refractivity contribution in [1.29, 1.82) is 0 Å². The summed E-state index contributed by atoms with van der Waals surface area (Å²) < 4.78 is 0. The monoisotopic (exact) mass is 350 g/mol. The number of ketones is 1. The van der Waals surface area contributed by atoms with Crippen LogP contribution in [-0.2, 0) is 6.42 Å². The minimum Gasteiger partial charge on any atom is -0.366 e. The predicted octanol–water partition coefficient (Wildman–Crippen LogP) is 5.46. The molecule has 2 rings (SSSR count). The summed E-state index contributed by atoms with van der Waals surface area (Å²) in [7, 11) is 1.99. The summed E-state index contributed by atoms with van der Waals surface area (Å²) in [5.74, 6) is 0.661. The fraction of sp³-hybridized carbons (Fsp3) is 0.391. The van der Waals surface area contributed by atoms with Crippen molar-refractivity contribution in [3.05, 3.63) is 64.2 Å². The molecular weight excluding hydrogens is 320 g/mol. The van der Waals surface area contributed by atoms with Gasteiger partial charge in [-0.3, -0.25) is 4.79 Å². The normalized spacial score (nSPS) is 11.3. The maximum Gasteiger partial charge on any atom is 0.167 e. The molecule has 3 heteroatoms. The number of hydrogen-bond donors (Lipinski definition) is 0.